The van der Waals surface area contributed by atoms with Crippen molar-refractivity contribution in [2.75, 3.05) is 0 Å². The number of amides is 2. The number of hydrogen-bond donors (Lipinski definition) is 0. The van der Waals surface area contributed by atoms with Crippen molar-refractivity contribution in [1.82, 2.24) is 4.90 Å². The Kier molecular flexibility index (Phi) is 2.22. The fraction of sp³-hybridized carbons (Fsp3) is 0.467. The molecule has 2 bridgehead atoms. The van der Waals surface area contributed by atoms with Gasteiger partial charge in [0.05, 0.1) is 0 Å². The van der Waals surface area contributed by atoms with E-state index in [1.54, 1.807) is 0 Å². The number of nitrogens with zero attached hydrogens (tertiary/aromatic N) is 1. The molecule has 2 aliphatic carbocycles. The second-order valence-electron chi connectivity index (χ2n) is 5.72. The van der Waals surface area contributed by atoms with Crippen molar-refractivity contribution in [3.63, 3.8) is 0 Å². The molecule has 0 N–H and O–H groups in total. The van der Waals surface area contributed by atoms with Gasteiger partial charge in [0, 0.05) is 12.0 Å². The summed E-state index contributed by atoms with van der Waals surface area (Å²) in [4.78, 5) is 25.5. The summed E-state index contributed by atoms with van der Waals surface area (Å²) in [5.74, 6) is 1.21. The maximum atomic E-state index is 12.1. The third-order valence-corrected chi connectivity index (χ3v) is 4.69. The number of likely N-dealkylation sites (tertiary alicyclic amines) is 1. The number of hydrogen-bond acceptors (Lipinski definition) is 3. The van der Waals surface area contributed by atoms with Gasteiger partial charge in [0.15, 0.2) is 0 Å². The molecule has 0 unspecified atom stereocenters. The molecule has 3 aliphatic rings. The monoisotopic (exact) mass is 257 g/mol. The summed E-state index contributed by atoms with van der Waals surface area (Å²) in [5.41, 5.74) is 0.942. The largest absolute Gasteiger partial charge is 0.444 e. The van der Waals surface area contributed by atoms with Crippen LogP contribution in [-0.4, -0.2) is 22.9 Å². The van der Waals surface area contributed by atoms with Gasteiger partial charge in [-0.25, -0.2) is 9.69 Å². The first-order chi connectivity index (χ1) is 9.25. The second-order valence-corrected chi connectivity index (χ2v) is 5.72. The Hall–Kier alpha value is -1.84. The molecule has 4 nitrogen and oxygen atoms in total. The van der Waals surface area contributed by atoms with Crippen LogP contribution in [0.25, 0.3) is 0 Å². The molecule has 4 heteroatoms. The van der Waals surface area contributed by atoms with Gasteiger partial charge >= 0.3 is 6.09 Å². The summed E-state index contributed by atoms with van der Waals surface area (Å²) < 4.78 is 5.27. The van der Waals surface area contributed by atoms with Crippen LogP contribution in [0.2, 0.25) is 0 Å². The summed E-state index contributed by atoms with van der Waals surface area (Å²) in [6.07, 6.45) is 1.50. The highest BCUT2D eigenvalue weighted by atomic mass is 16.6. The van der Waals surface area contributed by atoms with Crippen LogP contribution in [0, 0.1) is 17.8 Å². The van der Waals surface area contributed by atoms with E-state index < -0.39 is 6.09 Å². The average Bonchev–Trinajstić information content (AvgIpc) is 3.07. The lowest BCUT2D eigenvalue weighted by molar-refractivity contribution is -0.132. The minimum absolute atomic E-state index is 0.0122. The summed E-state index contributed by atoms with van der Waals surface area (Å²) >= 11 is 0. The number of fused-ring (bicyclic) bond motifs is 5. The quantitative estimate of drug-likeness (QED) is 0.816. The van der Waals surface area contributed by atoms with Crippen molar-refractivity contribution in [3.05, 3.63) is 35.9 Å². The van der Waals surface area contributed by atoms with Crippen LogP contribution in [0.15, 0.2) is 30.3 Å². The van der Waals surface area contributed by atoms with E-state index in [4.69, 9.17) is 4.74 Å². The molecule has 1 heterocycles. The SMILES string of the molecule is O=C(OCc1ccccc1)N1C(=O)[C@H]2C[C@@H]1[C@@H]1C[C@@H]12. The van der Waals surface area contributed by atoms with Gasteiger partial charge in [-0.1, -0.05) is 30.3 Å². The van der Waals surface area contributed by atoms with E-state index >= 15 is 0 Å². The van der Waals surface area contributed by atoms with Crippen molar-refractivity contribution in [3.8, 4) is 0 Å². The fourth-order valence-electron chi connectivity index (χ4n) is 3.69. The highest BCUT2D eigenvalue weighted by Crippen LogP contribution is 2.61. The van der Waals surface area contributed by atoms with E-state index in [2.05, 4.69) is 0 Å². The van der Waals surface area contributed by atoms with Crippen LogP contribution in [0.3, 0.4) is 0 Å². The molecule has 0 radical (unpaired) electrons. The molecule has 0 spiro atoms. The van der Waals surface area contributed by atoms with Crippen LogP contribution >= 0.6 is 0 Å². The van der Waals surface area contributed by atoms with Crippen LogP contribution in [0.1, 0.15) is 18.4 Å². The minimum Gasteiger partial charge on any atom is -0.444 e. The lowest BCUT2D eigenvalue weighted by Crippen LogP contribution is -2.43. The van der Waals surface area contributed by atoms with Gasteiger partial charge in [-0.2, -0.15) is 0 Å². The Morgan fingerprint density at radius 3 is 2.74 bits per heavy atom. The first-order valence-corrected chi connectivity index (χ1v) is 6.79. The number of imide groups is 1. The predicted octanol–water partition coefficient (Wildman–Crippen LogP) is 2.19. The van der Waals surface area contributed by atoms with Crippen LogP contribution < -0.4 is 0 Å². The second kappa shape index (κ2) is 3.83. The lowest BCUT2D eigenvalue weighted by Gasteiger charge is -2.24. The highest BCUT2D eigenvalue weighted by Gasteiger charge is 2.66. The number of benzene rings is 1. The first kappa shape index (κ1) is 11.0. The van der Waals surface area contributed by atoms with Crippen molar-refractivity contribution >= 4 is 12.0 Å². The minimum atomic E-state index is -0.466. The molecule has 2 saturated carbocycles. The molecule has 1 aromatic rings. The van der Waals surface area contributed by atoms with E-state index in [1.807, 2.05) is 30.3 Å². The molecule has 1 saturated heterocycles. The third-order valence-electron chi connectivity index (χ3n) is 4.69. The van der Waals surface area contributed by atoms with E-state index in [-0.39, 0.29) is 24.5 Å². The van der Waals surface area contributed by atoms with Gasteiger partial charge in [0.2, 0.25) is 5.91 Å². The Morgan fingerprint density at radius 2 is 2.00 bits per heavy atom. The summed E-state index contributed by atoms with van der Waals surface area (Å²) in [6, 6.07) is 9.65. The summed E-state index contributed by atoms with van der Waals surface area (Å²) in [6.45, 7) is 0.231. The standard InChI is InChI=1S/C15H15NO3/c17-14-12-7-13(11-6-10(11)12)16(14)15(18)19-8-9-4-2-1-3-5-9/h1-5,10-13H,6-8H2/t10-,11+,12-,13+/m0/s1. The van der Waals surface area contributed by atoms with Crippen molar-refractivity contribution in [2.45, 2.75) is 25.5 Å². The molecule has 4 atom stereocenters. The Balaban J connectivity index is 1.43. The molecule has 19 heavy (non-hydrogen) atoms. The summed E-state index contributed by atoms with van der Waals surface area (Å²) in [7, 11) is 0. The molecular formula is C15H15NO3. The lowest BCUT2D eigenvalue weighted by atomic mass is 10.1. The third kappa shape index (κ3) is 1.59. The zero-order chi connectivity index (χ0) is 13.0. The van der Waals surface area contributed by atoms with E-state index in [1.165, 1.54) is 4.90 Å². The van der Waals surface area contributed by atoms with E-state index in [9.17, 15) is 9.59 Å². The molecule has 1 aliphatic heterocycles. The Labute approximate surface area is 111 Å². The molecule has 0 aromatic heterocycles. The van der Waals surface area contributed by atoms with Gasteiger partial charge in [0.1, 0.15) is 6.61 Å². The molecular weight excluding hydrogens is 242 g/mol. The normalized spacial score (nSPS) is 34.3. The van der Waals surface area contributed by atoms with Crippen molar-refractivity contribution in [1.29, 1.82) is 0 Å². The molecule has 1 aromatic carbocycles. The fourth-order valence-corrected chi connectivity index (χ4v) is 3.69. The topological polar surface area (TPSA) is 46.6 Å². The van der Waals surface area contributed by atoms with Crippen molar-refractivity contribution in [2.24, 2.45) is 17.8 Å². The van der Waals surface area contributed by atoms with Gasteiger partial charge in [-0.3, -0.25) is 4.79 Å². The Morgan fingerprint density at radius 1 is 1.21 bits per heavy atom. The van der Waals surface area contributed by atoms with Gasteiger partial charge in [0.25, 0.3) is 0 Å². The van der Waals surface area contributed by atoms with Crippen LogP contribution in [0.5, 0.6) is 0 Å². The number of ether oxygens (including phenoxy) is 1. The van der Waals surface area contributed by atoms with Crippen LogP contribution in [-0.2, 0) is 16.1 Å². The zero-order valence-electron chi connectivity index (χ0n) is 10.5. The van der Waals surface area contributed by atoms with Crippen molar-refractivity contribution < 1.29 is 14.3 Å². The first-order valence-electron chi connectivity index (χ1n) is 6.79. The van der Waals surface area contributed by atoms with Crippen LogP contribution in [0.4, 0.5) is 4.79 Å². The molecule has 98 valence electrons. The van der Waals surface area contributed by atoms with E-state index in [0.717, 1.165) is 18.4 Å². The van der Waals surface area contributed by atoms with Gasteiger partial charge in [-0.15, -0.1) is 0 Å². The van der Waals surface area contributed by atoms with E-state index in [0.29, 0.717) is 11.8 Å². The Bertz CT molecular complexity index is 542. The molecule has 3 fully saturated rings. The highest BCUT2D eigenvalue weighted by molar-refractivity contribution is 5.97. The molecule has 4 rings (SSSR count). The summed E-state index contributed by atoms with van der Waals surface area (Å²) in [5, 5.41) is 0. The zero-order valence-corrected chi connectivity index (χ0v) is 10.5. The smallest absolute Gasteiger partial charge is 0.417 e. The predicted molar refractivity (Wildman–Crippen MR) is 67.0 cm³/mol. The van der Waals surface area contributed by atoms with Gasteiger partial charge in [-0.05, 0) is 30.2 Å². The maximum absolute atomic E-state index is 12.1. The molecule has 2 amide bonds. The van der Waals surface area contributed by atoms with Gasteiger partial charge < -0.3 is 4.74 Å². The number of piperidine rings is 1. The number of carbonyl (C=O) groups excluding carboxylic acids is 2. The number of rotatable bonds is 2. The average molecular weight is 257 g/mol. The maximum Gasteiger partial charge on any atom is 0.417 e. The number of carbonyl (C=O) groups is 2.